The highest BCUT2D eigenvalue weighted by Crippen LogP contribution is 2.30. The van der Waals surface area contributed by atoms with E-state index in [-0.39, 0.29) is 4.90 Å². The summed E-state index contributed by atoms with van der Waals surface area (Å²) < 4.78 is 28.3. The summed E-state index contributed by atoms with van der Waals surface area (Å²) in [5.41, 5.74) is 8.10. The largest absolute Gasteiger partial charge is 0.398 e. The fourth-order valence-corrected chi connectivity index (χ4v) is 3.46. The minimum Gasteiger partial charge on any atom is -0.398 e. The van der Waals surface area contributed by atoms with Crippen molar-refractivity contribution in [2.75, 3.05) is 10.6 Å². The minimum atomic E-state index is -3.59. The van der Waals surface area contributed by atoms with Crippen molar-refractivity contribution in [2.24, 2.45) is 4.40 Å². The highest BCUT2D eigenvalue weighted by Gasteiger charge is 2.24. The van der Waals surface area contributed by atoms with Crippen molar-refractivity contribution in [3.05, 3.63) is 52.5 Å². The van der Waals surface area contributed by atoms with Gasteiger partial charge in [-0.1, -0.05) is 18.2 Å². The molecule has 2 aromatic carbocycles. The topological polar surface area (TPSA) is 75.8 Å². The number of hydrogen-bond donors (Lipinski definition) is 1. The number of benzene rings is 2. The molecule has 0 atom stereocenters. The summed E-state index contributed by atoms with van der Waals surface area (Å²) in [5.74, 6) is 0. The van der Waals surface area contributed by atoms with E-state index in [0.717, 1.165) is 10.0 Å². The lowest BCUT2D eigenvalue weighted by atomic mass is 10.2. The predicted molar refractivity (Wildman–Crippen MR) is 86.9 cm³/mol. The first-order valence-electron chi connectivity index (χ1n) is 6.17. The van der Waals surface area contributed by atoms with Gasteiger partial charge in [0, 0.05) is 16.7 Å². The number of nitrogens with two attached hydrogens (primary N) is 1. The zero-order chi connectivity index (χ0) is 15.0. The van der Waals surface area contributed by atoms with E-state index >= 15 is 0 Å². The van der Waals surface area contributed by atoms with E-state index in [9.17, 15) is 8.42 Å². The monoisotopic (exact) mass is 365 g/mol. The van der Waals surface area contributed by atoms with E-state index in [4.69, 9.17) is 5.73 Å². The van der Waals surface area contributed by atoms with Crippen LogP contribution in [0, 0.1) is 0 Å². The van der Waals surface area contributed by atoms with Crippen LogP contribution in [0.3, 0.4) is 0 Å². The highest BCUT2D eigenvalue weighted by atomic mass is 79.9. The van der Waals surface area contributed by atoms with Gasteiger partial charge in [-0.3, -0.25) is 0 Å². The Bertz CT molecular complexity index is 834. The van der Waals surface area contributed by atoms with Crippen molar-refractivity contribution < 1.29 is 8.42 Å². The average molecular weight is 366 g/mol. The second-order valence-electron chi connectivity index (χ2n) is 4.65. The first kappa shape index (κ1) is 14.1. The van der Waals surface area contributed by atoms with Gasteiger partial charge in [-0.15, -0.1) is 4.40 Å². The number of rotatable bonds is 2. The summed E-state index contributed by atoms with van der Waals surface area (Å²) in [6.07, 6.45) is 1.34. The van der Waals surface area contributed by atoms with E-state index in [1.54, 1.807) is 29.2 Å². The molecule has 2 aromatic rings. The second-order valence-corrected chi connectivity index (χ2v) is 7.10. The van der Waals surface area contributed by atoms with E-state index in [2.05, 4.69) is 20.3 Å². The first-order chi connectivity index (χ1) is 9.97. The highest BCUT2D eigenvalue weighted by molar-refractivity contribution is 9.10. The van der Waals surface area contributed by atoms with E-state index in [1.165, 1.54) is 6.34 Å². The van der Waals surface area contributed by atoms with E-state index in [0.29, 0.717) is 17.9 Å². The first-order valence-corrected chi connectivity index (χ1v) is 8.41. The maximum atomic E-state index is 11.9. The van der Waals surface area contributed by atoms with Crippen LogP contribution in [-0.2, 0) is 16.6 Å². The molecule has 0 saturated carbocycles. The molecule has 1 aliphatic heterocycles. The third-order valence-electron chi connectivity index (χ3n) is 3.19. The molecule has 0 radical (unpaired) electrons. The molecule has 0 bridgehead atoms. The van der Waals surface area contributed by atoms with Gasteiger partial charge in [-0.05, 0) is 45.8 Å². The molecular weight excluding hydrogens is 354 g/mol. The third-order valence-corrected chi connectivity index (χ3v) is 5.19. The lowest BCUT2D eigenvalue weighted by Gasteiger charge is -2.25. The Hall–Kier alpha value is -1.86. The van der Waals surface area contributed by atoms with E-state index < -0.39 is 10.0 Å². The van der Waals surface area contributed by atoms with Crippen LogP contribution in [0.4, 0.5) is 11.4 Å². The molecule has 3 rings (SSSR count). The molecule has 0 amide bonds. The van der Waals surface area contributed by atoms with Gasteiger partial charge in [0.2, 0.25) is 0 Å². The quantitative estimate of drug-likeness (QED) is 0.830. The van der Waals surface area contributed by atoms with Crippen molar-refractivity contribution in [1.29, 1.82) is 0 Å². The summed E-state index contributed by atoms with van der Waals surface area (Å²) in [6.45, 7) is 0.494. The Balaban J connectivity index is 1.99. The van der Waals surface area contributed by atoms with Crippen molar-refractivity contribution in [3.8, 4) is 0 Å². The zero-order valence-corrected chi connectivity index (χ0v) is 13.3. The van der Waals surface area contributed by atoms with Crippen LogP contribution in [0.1, 0.15) is 5.56 Å². The number of hydrogen-bond acceptors (Lipinski definition) is 4. The molecule has 1 aliphatic rings. The third kappa shape index (κ3) is 2.66. The summed E-state index contributed by atoms with van der Waals surface area (Å²) in [5, 5.41) is 0. The van der Waals surface area contributed by atoms with Crippen molar-refractivity contribution >= 4 is 43.7 Å². The van der Waals surface area contributed by atoms with E-state index in [1.807, 2.05) is 18.2 Å². The SMILES string of the molecule is Nc1cc(CN2C=NS(=O)(=O)c3ccccc32)ccc1Br. The Kier molecular flexibility index (Phi) is 3.46. The molecule has 0 spiro atoms. The lowest BCUT2D eigenvalue weighted by Crippen LogP contribution is -2.26. The van der Waals surface area contributed by atoms with Crippen LogP contribution >= 0.6 is 15.9 Å². The molecule has 0 saturated heterocycles. The summed E-state index contributed by atoms with van der Waals surface area (Å²) in [7, 11) is -3.59. The standard InChI is InChI=1S/C14H12BrN3O2S/c15-11-6-5-10(7-12(11)16)8-18-9-17-21(19,20)14-4-2-1-3-13(14)18/h1-7,9H,8,16H2. The number of para-hydroxylation sites is 1. The average Bonchev–Trinajstić information content (AvgIpc) is 2.46. The number of anilines is 2. The Labute approximate surface area is 131 Å². The van der Waals surface area contributed by atoms with Gasteiger partial charge >= 0.3 is 0 Å². The second kappa shape index (κ2) is 5.16. The number of halogens is 1. The predicted octanol–water partition coefficient (Wildman–Crippen LogP) is 2.77. The zero-order valence-electron chi connectivity index (χ0n) is 10.9. The Morgan fingerprint density at radius 1 is 1.19 bits per heavy atom. The molecular formula is C14H12BrN3O2S. The molecule has 1 heterocycles. The maximum absolute atomic E-state index is 11.9. The van der Waals surface area contributed by atoms with Gasteiger partial charge in [-0.2, -0.15) is 8.42 Å². The van der Waals surface area contributed by atoms with Gasteiger partial charge in [0.05, 0.1) is 5.69 Å². The number of fused-ring (bicyclic) bond motifs is 1. The van der Waals surface area contributed by atoms with Gasteiger partial charge in [-0.25, -0.2) is 0 Å². The Morgan fingerprint density at radius 2 is 1.95 bits per heavy atom. The minimum absolute atomic E-state index is 0.220. The fourth-order valence-electron chi connectivity index (χ4n) is 2.16. The van der Waals surface area contributed by atoms with Crippen LogP contribution in [-0.4, -0.2) is 14.8 Å². The molecule has 2 N–H and O–H groups in total. The van der Waals surface area contributed by atoms with Gasteiger partial charge in [0.25, 0.3) is 10.0 Å². The number of sulfonamides is 1. The van der Waals surface area contributed by atoms with Crippen LogP contribution in [0.25, 0.3) is 0 Å². The normalized spacial score (nSPS) is 15.8. The molecule has 0 fully saturated rings. The molecule has 5 nitrogen and oxygen atoms in total. The lowest BCUT2D eigenvalue weighted by molar-refractivity contribution is 0.597. The van der Waals surface area contributed by atoms with Gasteiger partial charge in [0.1, 0.15) is 11.2 Å². The molecule has 21 heavy (non-hydrogen) atoms. The summed E-state index contributed by atoms with van der Waals surface area (Å²) in [6, 6.07) is 12.5. The van der Waals surface area contributed by atoms with Crippen LogP contribution in [0.5, 0.6) is 0 Å². The van der Waals surface area contributed by atoms with Gasteiger partial charge < -0.3 is 10.6 Å². The molecule has 0 aromatic heterocycles. The van der Waals surface area contributed by atoms with Crippen LogP contribution < -0.4 is 10.6 Å². The van der Waals surface area contributed by atoms with Crippen LogP contribution in [0.2, 0.25) is 0 Å². The summed E-state index contributed by atoms with van der Waals surface area (Å²) in [4.78, 5) is 2.01. The molecule has 0 aliphatic carbocycles. The van der Waals surface area contributed by atoms with Crippen molar-refractivity contribution in [3.63, 3.8) is 0 Å². The van der Waals surface area contributed by atoms with Gasteiger partial charge in [0.15, 0.2) is 0 Å². The molecule has 0 unspecified atom stereocenters. The van der Waals surface area contributed by atoms with Crippen LogP contribution in [0.15, 0.2) is 56.2 Å². The van der Waals surface area contributed by atoms with Crippen molar-refractivity contribution in [2.45, 2.75) is 11.4 Å². The number of nitrogens with zero attached hydrogens (tertiary/aromatic N) is 2. The number of nitrogen functional groups attached to an aromatic ring is 1. The Morgan fingerprint density at radius 3 is 2.71 bits per heavy atom. The smallest absolute Gasteiger partial charge is 0.285 e. The fraction of sp³-hybridized carbons (Fsp3) is 0.0714. The molecule has 108 valence electrons. The maximum Gasteiger partial charge on any atom is 0.285 e. The molecule has 7 heteroatoms. The van der Waals surface area contributed by atoms with Crippen molar-refractivity contribution in [1.82, 2.24) is 0 Å². The summed E-state index contributed by atoms with van der Waals surface area (Å²) >= 11 is 3.35.